The summed E-state index contributed by atoms with van der Waals surface area (Å²) < 4.78 is 4.56. The molecule has 31 heavy (non-hydrogen) atoms. The molecule has 2 aromatic carbocycles. The summed E-state index contributed by atoms with van der Waals surface area (Å²) in [5, 5.41) is 11.1. The van der Waals surface area contributed by atoms with Crippen LogP contribution in [0.25, 0.3) is 0 Å². The number of nitrogens with one attached hydrogen (secondary N) is 1. The van der Waals surface area contributed by atoms with E-state index >= 15 is 0 Å². The first-order valence-corrected chi connectivity index (χ1v) is 9.86. The maximum Gasteiger partial charge on any atom is 0.309 e. The van der Waals surface area contributed by atoms with Crippen LogP contribution in [-0.4, -0.2) is 24.8 Å². The smallest absolute Gasteiger partial charge is 0.309 e. The van der Waals surface area contributed by atoms with Crippen molar-refractivity contribution in [1.29, 1.82) is 0 Å². The first-order chi connectivity index (χ1) is 14.9. The van der Waals surface area contributed by atoms with E-state index in [2.05, 4.69) is 9.72 Å². The molecule has 1 unspecified atom stereocenters. The molecule has 3 rings (SSSR count). The molecule has 0 aliphatic rings. The predicted molar refractivity (Wildman–Crippen MR) is 113 cm³/mol. The van der Waals surface area contributed by atoms with Crippen molar-refractivity contribution in [2.24, 2.45) is 5.92 Å². The zero-order valence-electron chi connectivity index (χ0n) is 16.9. The van der Waals surface area contributed by atoms with Crippen LogP contribution in [0, 0.1) is 5.92 Å². The molecule has 0 aliphatic carbocycles. The van der Waals surface area contributed by atoms with Crippen LogP contribution in [0.4, 0.5) is 0 Å². The third-order valence-electron chi connectivity index (χ3n) is 4.36. The number of H-pyrrole nitrogens is 1. The second-order valence-electron chi connectivity index (χ2n) is 6.61. The number of aromatic nitrogens is 1. The molecule has 0 spiro atoms. The van der Waals surface area contributed by atoms with E-state index in [0.717, 1.165) is 5.56 Å². The van der Waals surface area contributed by atoms with Gasteiger partial charge in [0.1, 0.15) is 0 Å². The SMILES string of the molecule is COC(=O)C(CC(=O)[O-])Cc1ccccc1.O=C(c1cc[nH+]cc1)c1ccc(Cl)cc1. The number of pyridine rings is 1. The number of benzene rings is 2. The maximum absolute atomic E-state index is 11.9. The Balaban J connectivity index is 0.000000220. The van der Waals surface area contributed by atoms with Crippen molar-refractivity contribution >= 4 is 29.3 Å². The number of carbonyl (C=O) groups is 3. The first-order valence-electron chi connectivity index (χ1n) is 9.48. The van der Waals surface area contributed by atoms with E-state index in [1.807, 2.05) is 30.3 Å². The van der Waals surface area contributed by atoms with Gasteiger partial charge in [0, 0.05) is 40.7 Å². The molecule has 6 nitrogen and oxygen atoms in total. The standard InChI is InChI=1S/C12H8ClNO.C12H14O4/c13-11-3-1-9(2-4-11)12(15)10-5-7-14-8-6-10;1-16-12(15)10(8-11(13)14)7-9-5-3-2-4-6-9/h1-8H;2-6,10H,7-8H2,1H3,(H,13,14). The highest BCUT2D eigenvalue weighted by atomic mass is 35.5. The van der Waals surface area contributed by atoms with E-state index in [1.54, 1.807) is 48.8 Å². The van der Waals surface area contributed by atoms with E-state index in [4.69, 9.17) is 11.6 Å². The molecule has 0 amide bonds. The number of halogens is 1. The summed E-state index contributed by atoms with van der Waals surface area (Å²) in [4.78, 5) is 36.6. The Morgan fingerprint density at radius 2 is 1.52 bits per heavy atom. The summed E-state index contributed by atoms with van der Waals surface area (Å²) in [5.74, 6) is -2.45. The first kappa shape index (κ1) is 23.8. The van der Waals surface area contributed by atoms with Gasteiger partial charge in [-0.3, -0.25) is 9.59 Å². The Morgan fingerprint density at radius 3 is 2.06 bits per heavy atom. The number of hydrogen-bond donors (Lipinski definition) is 0. The fraction of sp³-hybridized carbons (Fsp3) is 0.167. The molecular weight excluding hydrogens is 418 g/mol. The summed E-state index contributed by atoms with van der Waals surface area (Å²) in [6.07, 6.45) is 3.48. The van der Waals surface area contributed by atoms with Crippen molar-refractivity contribution < 1.29 is 29.2 Å². The van der Waals surface area contributed by atoms with Crippen LogP contribution in [-0.2, 0) is 20.7 Å². The van der Waals surface area contributed by atoms with Crippen LogP contribution in [0.15, 0.2) is 79.1 Å². The Labute approximate surface area is 185 Å². The zero-order valence-corrected chi connectivity index (χ0v) is 17.7. The van der Waals surface area contributed by atoms with Gasteiger partial charge >= 0.3 is 5.97 Å². The highest BCUT2D eigenvalue weighted by Gasteiger charge is 2.19. The Morgan fingerprint density at radius 1 is 0.935 bits per heavy atom. The number of carbonyl (C=O) groups excluding carboxylic acids is 3. The highest BCUT2D eigenvalue weighted by Crippen LogP contribution is 2.14. The average molecular weight is 440 g/mol. The number of methoxy groups -OCH3 is 1. The number of carboxylic acids is 1. The molecule has 0 aliphatic heterocycles. The molecular formula is C24H22ClNO5. The monoisotopic (exact) mass is 439 g/mol. The number of aliphatic carboxylic acids is 1. The fourth-order valence-electron chi connectivity index (χ4n) is 2.81. The largest absolute Gasteiger partial charge is 0.550 e. The normalized spacial score (nSPS) is 10.9. The van der Waals surface area contributed by atoms with E-state index in [9.17, 15) is 19.5 Å². The van der Waals surface area contributed by atoms with Crippen molar-refractivity contribution in [1.82, 2.24) is 0 Å². The molecule has 3 aromatic rings. The number of aromatic amines is 1. The van der Waals surface area contributed by atoms with Crippen molar-refractivity contribution in [2.75, 3.05) is 7.11 Å². The van der Waals surface area contributed by atoms with Crippen LogP contribution in [0.5, 0.6) is 0 Å². The van der Waals surface area contributed by atoms with Crippen molar-refractivity contribution in [3.05, 3.63) is 101 Å². The van der Waals surface area contributed by atoms with Gasteiger partial charge in [-0.1, -0.05) is 41.9 Å². The Kier molecular flexibility index (Phi) is 9.39. The quantitative estimate of drug-likeness (QED) is 0.416. The molecule has 1 heterocycles. The molecule has 1 N–H and O–H groups in total. The van der Waals surface area contributed by atoms with E-state index in [0.29, 0.717) is 22.6 Å². The fourth-order valence-corrected chi connectivity index (χ4v) is 2.94. The molecule has 0 bridgehead atoms. The minimum Gasteiger partial charge on any atom is -0.550 e. The molecule has 0 fully saturated rings. The van der Waals surface area contributed by atoms with Gasteiger partial charge in [0.15, 0.2) is 18.2 Å². The van der Waals surface area contributed by atoms with Crippen molar-refractivity contribution in [2.45, 2.75) is 12.8 Å². The second kappa shape index (κ2) is 12.2. The van der Waals surface area contributed by atoms with E-state index < -0.39 is 17.9 Å². The lowest BCUT2D eigenvalue weighted by Crippen LogP contribution is -2.30. The van der Waals surface area contributed by atoms with Crippen LogP contribution >= 0.6 is 11.6 Å². The van der Waals surface area contributed by atoms with Gasteiger partial charge in [-0.15, -0.1) is 0 Å². The molecule has 0 radical (unpaired) electrons. The minimum atomic E-state index is -1.24. The van der Waals surface area contributed by atoms with Gasteiger partial charge in [-0.25, -0.2) is 4.98 Å². The molecule has 160 valence electrons. The second-order valence-corrected chi connectivity index (χ2v) is 7.05. The zero-order chi connectivity index (χ0) is 22.6. The summed E-state index contributed by atoms with van der Waals surface area (Å²) in [6.45, 7) is 0. The summed E-state index contributed by atoms with van der Waals surface area (Å²) in [7, 11) is 1.25. The number of rotatable bonds is 7. The molecule has 0 saturated carbocycles. The lowest BCUT2D eigenvalue weighted by Gasteiger charge is -2.14. The van der Waals surface area contributed by atoms with Gasteiger partial charge in [-0.05, 0) is 36.2 Å². The van der Waals surface area contributed by atoms with E-state index in [-0.39, 0.29) is 12.2 Å². The van der Waals surface area contributed by atoms with Crippen LogP contribution in [0.1, 0.15) is 27.9 Å². The topological polar surface area (TPSA) is 97.6 Å². The minimum absolute atomic E-state index is 0.000617. The Hall–Kier alpha value is -3.51. The van der Waals surface area contributed by atoms with Crippen LogP contribution in [0.2, 0.25) is 5.02 Å². The van der Waals surface area contributed by atoms with Crippen molar-refractivity contribution in [3.8, 4) is 0 Å². The van der Waals surface area contributed by atoms with Gasteiger partial charge in [0.25, 0.3) is 0 Å². The van der Waals surface area contributed by atoms with Gasteiger partial charge in [0.05, 0.1) is 13.0 Å². The van der Waals surface area contributed by atoms with Crippen LogP contribution in [0.3, 0.4) is 0 Å². The summed E-state index contributed by atoms with van der Waals surface area (Å²) in [5.41, 5.74) is 2.21. The highest BCUT2D eigenvalue weighted by molar-refractivity contribution is 6.30. The van der Waals surface area contributed by atoms with Crippen LogP contribution < -0.4 is 10.1 Å². The number of esters is 1. The predicted octanol–water partition coefficient (Wildman–Crippen LogP) is 2.54. The van der Waals surface area contributed by atoms with Gasteiger partial charge in [0.2, 0.25) is 0 Å². The summed E-state index contributed by atoms with van der Waals surface area (Å²) >= 11 is 5.75. The summed E-state index contributed by atoms with van der Waals surface area (Å²) in [6, 6.07) is 19.6. The Bertz CT molecular complexity index is 991. The third kappa shape index (κ3) is 8.03. The van der Waals surface area contributed by atoms with E-state index in [1.165, 1.54) is 7.11 Å². The third-order valence-corrected chi connectivity index (χ3v) is 4.61. The number of hydrogen-bond acceptors (Lipinski definition) is 5. The maximum atomic E-state index is 11.9. The average Bonchev–Trinajstić information content (AvgIpc) is 2.79. The van der Waals surface area contributed by atoms with Gasteiger partial charge in [-0.2, -0.15) is 0 Å². The molecule has 7 heteroatoms. The number of ether oxygens (including phenoxy) is 1. The lowest BCUT2D eigenvalue weighted by molar-refractivity contribution is -0.378. The number of carboxylic acid groups (broad SMARTS) is 1. The molecule has 1 atom stereocenters. The molecule has 1 aromatic heterocycles. The molecule has 0 saturated heterocycles. The van der Waals surface area contributed by atoms with Gasteiger partial charge < -0.3 is 14.6 Å². The number of ketones is 1. The lowest BCUT2D eigenvalue weighted by atomic mass is 9.96. The van der Waals surface area contributed by atoms with Crippen molar-refractivity contribution in [3.63, 3.8) is 0 Å².